The molecule has 0 aliphatic carbocycles. The summed E-state index contributed by atoms with van der Waals surface area (Å²) in [6.07, 6.45) is 7.43. The number of ketones is 1. The van der Waals surface area contributed by atoms with E-state index in [1.165, 1.54) is 61.0 Å². The highest BCUT2D eigenvalue weighted by Gasteiger charge is 2.21. The van der Waals surface area contributed by atoms with E-state index in [1.54, 1.807) is 6.92 Å². The van der Waals surface area contributed by atoms with Crippen molar-refractivity contribution in [3.05, 3.63) is 41.0 Å². The van der Waals surface area contributed by atoms with Gasteiger partial charge in [-0.05, 0) is 94.3 Å². The molecule has 0 radical (unpaired) electrons. The van der Waals surface area contributed by atoms with Crippen molar-refractivity contribution in [3.8, 4) is 0 Å². The lowest BCUT2D eigenvalue weighted by atomic mass is 9.91. The second kappa shape index (κ2) is 8.96. The van der Waals surface area contributed by atoms with Gasteiger partial charge in [0.1, 0.15) is 5.78 Å². The number of likely N-dealkylation sites (tertiary alicyclic amines) is 1. The molecule has 1 aromatic rings. The molecule has 2 heterocycles. The Balaban J connectivity index is 1.44. The first-order valence-electron chi connectivity index (χ1n) is 10.2. The van der Waals surface area contributed by atoms with Crippen LogP contribution < -0.4 is 0 Å². The fourth-order valence-electron chi connectivity index (χ4n) is 4.37. The van der Waals surface area contributed by atoms with E-state index in [9.17, 15) is 4.79 Å². The van der Waals surface area contributed by atoms with E-state index >= 15 is 0 Å². The number of carbonyl (C=O) groups is 1. The van der Waals surface area contributed by atoms with Crippen LogP contribution in [0.2, 0.25) is 0 Å². The van der Waals surface area contributed by atoms with Gasteiger partial charge in [-0.3, -0.25) is 14.6 Å². The summed E-state index contributed by atoms with van der Waals surface area (Å²) in [5, 5.41) is 0. The first-order valence-corrected chi connectivity index (χ1v) is 10.2. The van der Waals surface area contributed by atoms with Gasteiger partial charge >= 0.3 is 0 Å². The van der Waals surface area contributed by atoms with Crippen LogP contribution >= 0.6 is 0 Å². The van der Waals surface area contributed by atoms with Crippen LogP contribution in [0.1, 0.15) is 49.3 Å². The van der Waals surface area contributed by atoms with E-state index in [0.717, 1.165) is 25.6 Å². The van der Waals surface area contributed by atoms with E-state index in [0.29, 0.717) is 12.3 Å². The van der Waals surface area contributed by atoms with Crippen molar-refractivity contribution < 1.29 is 4.79 Å². The first kappa shape index (κ1) is 19.3. The molecule has 0 spiro atoms. The number of rotatable bonds is 6. The highest BCUT2D eigenvalue weighted by Crippen LogP contribution is 2.27. The minimum Gasteiger partial charge on any atom is -0.299 e. The fourth-order valence-corrected chi connectivity index (χ4v) is 4.37. The maximum absolute atomic E-state index is 11.2. The first-order chi connectivity index (χ1) is 12.5. The second-order valence-electron chi connectivity index (χ2n) is 8.24. The quantitative estimate of drug-likeness (QED) is 0.769. The molecule has 142 valence electrons. The second-order valence-corrected chi connectivity index (χ2v) is 8.24. The molecule has 3 nitrogen and oxygen atoms in total. The normalized spacial score (nSPS) is 20.2. The number of benzene rings is 1. The third-order valence-corrected chi connectivity index (χ3v) is 6.25. The highest BCUT2D eigenvalue weighted by molar-refractivity contribution is 5.77. The Morgan fingerprint density at radius 1 is 1.12 bits per heavy atom. The molecule has 26 heavy (non-hydrogen) atoms. The number of carbonyl (C=O) groups excluding carboxylic acids is 1. The van der Waals surface area contributed by atoms with Gasteiger partial charge in [-0.15, -0.1) is 0 Å². The summed E-state index contributed by atoms with van der Waals surface area (Å²) in [6.45, 7) is 12.5. The largest absolute Gasteiger partial charge is 0.299 e. The average Bonchev–Trinajstić information content (AvgIpc) is 2.63. The molecule has 0 bridgehead atoms. The van der Waals surface area contributed by atoms with Gasteiger partial charge in [-0.25, -0.2) is 0 Å². The molecule has 0 unspecified atom stereocenters. The summed E-state index contributed by atoms with van der Waals surface area (Å²) >= 11 is 0. The predicted octanol–water partition coefficient (Wildman–Crippen LogP) is 4.08. The lowest BCUT2D eigenvalue weighted by molar-refractivity contribution is -0.118. The van der Waals surface area contributed by atoms with Crippen molar-refractivity contribution in [1.82, 2.24) is 9.80 Å². The third kappa shape index (κ3) is 5.05. The van der Waals surface area contributed by atoms with Crippen LogP contribution in [0.5, 0.6) is 0 Å². The van der Waals surface area contributed by atoms with Crippen molar-refractivity contribution in [1.29, 1.82) is 0 Å². The Morgan fingerprint density at radius 3 is 2.54 bits per heavy atom. The molecule has 3 rings (SSSR count). The summed E-state index contributed by atoms with van der Waals surface area (Å²) in [4.78, 5) is 16.2. The minimum absolute atomic E-state index is 0.295. The van der Waals surface area contributed by atoms with Crippen molar-refractivity contribution in [2.24, 2.45) is 5.92 Å². The molecule has 0 atom stereocenters. The van der Waals surface area contributed by atoms with Crippen molar-refractivity contribution >= 4 is 11.4 Å². The van der Waals surface area contributed by atoms with Crippen LogP contribution in [-0.4, -0.2) is 54.9 Å². The molecular weight excluding hydrogens is 320 g/mol. The number of hydrogen-bond acceptors (Lipinski definition) is 3. The van der Waals surface area contributed by atoms with Crippen molar-refractivity contribution in [2.45, 2.75) is 46.5 Å². The lowest BCUT2D eigenvalue weighted by Crippen LogP contribution is -2.38. The molecule has 0 saturated carbocycles. The zero-order chi connectivity index (χ0) is 18.5. The molecule has 1 fully saturated rings. The maximum Gasteiger partial charge on any atom is 0.143 e. The Hall–Kier alpha value is -1.45. The average molecular weight is 355 g/mol. The Morgan fingerprint density at radius 2 is 1.88 bits per heavy atom. The summed E-state index contributed by atoms with van der Waals surface area (Å²) < 4.78 is 0. The highest BCUT2D eigenvalue weighted by atomic mass is 16.1. The SMILES string of the molecule is CC(=O)CN1CCC(CCN2CC=C(c3cccc(C)c3C)CC2)CC1. The van der Waals surface area contributed by atoms with Gasteiger partial charge in [-0.2, -0.15) is 0 Å². The van der Waals surface area contributed by atoms with E-state index < -0.39 is 0 Å². The molecule has 3 heteroatoms. The summed E-state index contributed by atoms with van der Waals surface area (Å²) in [5.74, 6) is 1.13. The predicted molar refractivity (Wildman–Crippen MR) is 109 cm³/mol. The van der Waals surface area contributed by atoms with Gasteiger partial charge in [0.05, 0.1) is 6.54 Å². The number of Topliss-reactive ketones (excluding diaryl/α,β-unsaturated/α-hetero) is 1. The number of nitrogens with zero attached hydrogens (tertiary/aromatic N) is 2. The monoisotopic (exact) mass is 354 g/mol. The van der Waals surface area contributed by atoms with Gasteiger partial charge < -0.3 is 0 Å². The third-order valence-electron chi connectivity index (χ3n) is 6.25. The molecule has 0 aromatic heterocycles. The lowest BCUT2D eigenvalue weighted by Gasteiger charge is -2.33. The van der Waals surface area contributed by atoms with Crippen LogP contribution in [0.3, 0.4) is 0 Å². The molecular formula is C23H34N2O. The number of aryl methyl sites for hydroxylation is 1. The molecule has 1 aromatic carbocycles. The van der Waals surface area contributed by atoms with Crippen LogP contribution in [-0.2, 0) is 4.79 Å². The standard InChI is InChI=1S/C23H34N2O/c1-18-5-4-6-23(20(18)3)22-10-15-24(16-11-22)12-7-21-8-13-25(14-9-21)17-19(2)26/h4-6,10,21H,7-9,11-17H2,1-3H3. The Labute approximate surface area is 159 Å². The van der Waals surface area contributed by atoms with Gasteiger partial charge in [0.2, 0.25) is 0 Å². The van der Waals surface area contributed by atoms with E-state index in [4.69, 9.17) is 0 Å². The molecule has 2 aliphatic rings. The van der Waals surface area contributed by atoms with E-state index in [2.05, 4.69) is 47.9 Å². The van der Waals surface area contributed by atoms with Crippen LogP contribution in [0.4, 0.5) is 0 Å². The topological polar surface area (TPSA) is 23.6 Å². The molecule has 2 aliphatic heterocycles. The summed E-state index contributed by atoms with van der Waals surface area (Å²) in [6, 6.07) is 6.66. The van der Waals surface area contributed by atoms with Gasteiger partial charge in [0, 0.05) is 13.1 Å². The zero-order valence-electron chi connectivity index (χ0n) is 16.8. The van der Waals surface area contributed by atoms with Crippen LogP contribution in [0, 0.1) is 19.8 Å². The molecule has 0 amide bonds. The maximum atomic E-state index is 11.2. The molecule has 1 saturated heterocycles. The van der Waals surface area contributed by atoms with Gasteiger partial charge in [0.25, 0.3) is 0 Å². The van der Waals surface area contributed by atoms with Crippen molar-refractivity contribution in [3.63, 3.8) is 0 Å². The van der Waals surface area contributed by atoms with Gasteiger partial charge in [-0.1, -0.05) is 24.3 Å². The summed E-state index contributed by atoms with van der Waals surface area (Å²) in [7, 11) is 0. The van der Waals surface area contributed by atoms with E-state index in [1.807, 2.05) is 0 Å². The number of piperidine rings is 1. The number of hydrogen-bond donors (Lipinski definition) is 0. The Kier molecular flexibility index (Phi) is 6.66. The van der Waals surface area contributed by atoms with Crippen molar-refractivity contribution in [2.75, 3.05) is 39.3 Å². The molecule has 0 N–H and O–H groups in total. The smallest absolute Gasteiger partial charge is 0.143 e. The van der Waals surface area contributed by atoms with Crippen LogP contribution in [0.25, 0.3) is 5.57 Å². The van der Waals surface area contributed by atoms with Gasteiger partial charge in [0.15, 0.2) is 0 Å². The van der Waals surface area contributed by atoms with E-state index in [-0.39, 0.29) is 0 Å². The Bertz CT molecular complexity index is 656. The van der Waals surface area contributed by atoms with Crippen LogP contribution in [0.15, 0.2) is 24.3 Å². The zero-order valence-corrected chi connectivity index (χ0v) is 16.8. The fraction of sp³-hybridized carbons (Fsp3) is 0.609. The minimum atomic E-state index is 0.295. The summed E-state index contributed by atoms with van der Waals surface area (Å²) in [5.41, 5.74) is 5.80.